The molecule has 0 radical (unpaired) electrons. The van der Waals surface area contributed by atoms with E-state index < -0.39 is 0 Å². The first-order chi connectivity index (χ1) is 48.8. The number of fused-ring (bicyclic) bond motifs is 3. The Bertz CT molecular complexity index is 4450. The van der Waals surface area contributed by atoms with Gasteiger partial charge in [0.25, 0.3) is 22.6 Å². The molecule has 0 aromatic carbocycles. The molecule has 6 fully saturated rings. The van der Waals surface area contributed by atoms with Gasteiger partial charge in [0, 0.05) is 158 Å². The van der Waals surface area contributed by atoms with Gasteiger partial charge in [0.2, 0.25) is 0 Å². The van der Waals surface area contributed by atoms with Crippen molar-refractivity contribution in [1.82, 2.24) is 52.9 Å². The fourth-order valence-corrected chi connectivity index (χ4v) is 15.7. The van der Waals surface area contributed by atoms with Crippen molar-refractivity contribution in [3.05, 3.63) is 164 Å². The van der Waals surface area contributed by atoms with Crippen LogP contribution in [0, 0.1) is 5.41 Å². The van der Waals surface area contributed by atoms with Crippen LogP contribution in [0.5, 0.6) is 0 Å². The summed E-state index contributed by atoms with van der Waals surface area (Å²) in [5.41, 5.74) is 10.3. The number of hydrogen-bond acceptors (Lipinski definition) is 21. The first-order valence-electron chi connectivity index (χ1n) is 35.3. The molecule has 0 spiro atoms. The van der Waals surface area contributed by atoms with Gasteiger partial charge in [-0.3, -0.25) is 43.7 Å². The summed E-state index contributed by atoms with van der Waals surface area (Å²) in [5, 5.41) is 9.67. The van der Waals surface area contributed by atoms with E-state index >= 15 is 0 Å². The molecule has 26 heteroatoms. The average Bonchev–Trinajstić information content (AvgIpc) is 1.65. The van der Waals surface area contributed by atoms with Gasteiger partial charge in [0.05, 0.1) is 110 Å². The summed E-state index contributed by atoms with van der Waals surface area (Å²) < 4.78 is 22.9. The van der Waals surface area contributed by atoms with Crippen molar-refractivity contribution in [2.45, 2.75) is 90.3 Å². The first kappa shape index (κ1) is 67.3. The van der Waals surface area contributed by atoms with Crippen LogP contribution in [0.3, 0.4) is 0 Å². The number of pyridine rings is 7. The Balaban J connectivity index is 0.000000164. The van der Waals surface area contributed by atoms with Crippen molar-refractivity contribution in [1.29, 1.82) is 0 Å². The van der Waals surface area contributed by atoms with Gasteiger partial charge in [0.1, 0.15) is 40.2 Å². The molecule has 26 nitrogen and oxygen atoms in total. The number of aldehydes is 1. The van der Waals surface area contributed by atoms with Crippen molar-refractivity contribution in [3.8, 4) is 22.4 Å². The Labute approximate surface area is 587 Å². The summed E-state index contributed by atoms with van der Waals surface area (Å²) >= 11 is 0. The molecule has 7 aliphatic heterocycles. The van der Waals surface area contributed by atoms with Gasteiger partial charge in [-0.25, -0.2) is 15.0 Å². The van der Waals surface area contributed by atoms with Crippen LogP contribution in [-0.4, -0.2) is 206 Å². The molecule has 6 saturated heterocycles. The average molecular weight is 1370 g/mol. The third-order valence-corrected chi connectivity index (χ3v) is 21.6. The van der Waals surface area contributed by atoms with E-state index in [2.05, 4.69) is 117 Å². The third-order valence-electron chi connectivity index (χ3n) is 21.6. The second-order valence-electron chi connectivity index (χ2n) is 29.3. The molecule has 15 heterocycles. The molecule has 1 aliphatic carbocycles. The molecule has 0 unspecified atom stereocenters. The Kier molecular flexibility index (Phi) is 18.5. The summed E-state index contributed by atoms with van der Waals surface area (Å²) in [6.07, 6.45) is 15.0. The van der Waals surface area contributed by atoms with Gasteiger partial charge in [-0.2, -0.15) is 0 Å². The van der Waals surface area contributed by atoms with Crippen molar-refractivity contribution >= 4 is 69.5 Å². The summed E-state index contributed by atoms with van der Waals surface area (Å²) in [5.74, 6) is 1.57. The van der Waals surface area contributed by atoms with Crippen LogP contribution >= 0.6 is 0 Å². The molecule has 8 aliphatic rings. The molecule has 3 N–H and O–H groups in total. The lowest BCUT2D eigenvalue weighted by molar-refractivity contribution is -0.0691. The zero-order valence-electron chi connectivity index (χ0n) is 58.8. The fraction of sp³-hybridized carbons (Fsp3) is 0.453. The highest BCUT2D eigenvalue weighted by molar-refractivity contribution is 6.09. The van der Waals surface area contributed by atoms with Gasteiger partial charge in [0.15, 0.2) is 6.29 Å². The molecule has 0 saturated carbocycles. The maximum atomic E-state index is 13.9. The quantitative estimate of drug-likeness (QED) is 0.0848. The van der Waals surface area contributed by atoms with Crippen LogP contribution in [0.1, 0.15) is 66.7 Å². The highest BCUT2D eigenvalue weighted by atomic mass is 16.5. The van der Waals surface area contributed by atoms with Crippen LogP contribution in [0.4, 0.5) is 57.3 Å². The summed E-state index contributed by atoms with van der Waals surface area (Å²) in [4.78, 5) is 101. The second kappa shape index (κ2) is 27.8. The van der Waals surface area contributed by atoms with Crippen LogP contribution in [-0.2, 0) is 54.7 Å². The number of rotatable bonds is 16. The highest BCUT2D eigenvalue weighted by Gasteiger charge is 2.39. The van der Waals surface area contributed by atoms with E-state index in [1.807, 2.05) is 48.9 Å². The van der Waals surface area contributed by atoms with E-state index in [0.717, 1.165) is 146 Å². The van der Waals surface area contributed by atoms with Gasteiger partial charge in [-0.15, -0.1) is 0 Å². The molecule has 16 rings (SSSR count). The lowest BCUT2D eigenvalue weighted by Gasteiger charge is -2.46. The normalized spacial score (nSPS) is 21.2. The number of carbonyl (C=O) groups is 2. The molecule has 8 aromatic heterocycles. The van der Waals surface area contributed by atoms with E-state index in [-0.39, 0.29) is 28.0 Å². The number of aromatic nitrogens is 8. The van der Waals surface area contributed by atoms with Crippen LogP contribution in [0.2, 0.25) is 0 Å². The topological polar surface area (TPSA) is 243 Å². The molecular formula is C75H90N18O8. The Hall–Kier alpha value is -9.57. The summed E-state index contributed by atoms with van der Waals surface area (Å²) in [7, 11) is 5.11. The number of aryl methyl sites for hydroxylation is 3. The SMILES string of the molecule is C[C@H]1CN(C2COC2)CCN1c1ccc(Nc2cc(-c3cc(Nc4ccc(N5CCN(C6COC6)C[C@@H]5C)cn4)c(=O)n(C)c3)cn(C)c2=O)nc1.C[C@H]1CN(C2COC2)CCN1c1ccc(Nc2cc(-c3nccc(N4CCn5c(cc6c5CC(C)(C)C6)C4=O)c3C=O)cn(C)c2=O)nc1. The van der Waals surface area contributed by atoms with Gasteiger partial charge in [-0.1, -0.05) is 13.8 Å². The highest BCUT2D eigenvalue weighted by Crippen LogP contribution is 2.41. The molecule has 101 heavy (non-hydrogen) atoms. The number of carbonyl (C=O) groups excluding carboxylic acids is 2. The van der Waals surface area contributed by atoms with E-state index in [1.54, 1.807) is 84.2 Å². The van der Waals surface area contributed by atoms with Crippen LogP contribution < -0.4 is 52.2 Å². The summed E-state index contributed by atoms with van der Waals surface area (Å²) in [6, 6.07) is 23.6. The fourth-order valence-electron chi connectivity index (χ4n) is 15.7. The third kappa shape index (κ3) is 13.6. The maximum absolute atomic E-state index is 13.9. The Morgan fingerprint density at radius 3 is 1.29 bits per heavy atom. The number of amides is 1. The number of piperazine rings is 3. The van der Waals surface area contributed by atoms with E-state index in [0.29, 0.717) is 112 Å². The van der Waals surface area contributed by atoms with Crippen molar-refractivity contribution < 1.29 is 23.8 Å². The number of anilines is 10. The molecule has 1 amide bonds. The van der Waals surface area contributed by atoms with Gasteiger partial charge in [-0.05, 0) is 111 Å². The van der Waals surface area contributed by atoms with Gasteiger partial charge < -0.3 is 68.0 Å². The number of hydrogen-bond donors (Lipinski definition) is 3. The monoisotopic (exact) mass is 1370 g/mol. The van der Waals surface area contributed by atoms with Crippen LogP contribution in [0.15, 0.2) is 124 Å². The number of ether oxygens (including phenoxy) is 3. The van der Waals surface area contributed by atoms with E-state index in [9.17, 15) is 24.0 Å². The largest absolute Gasteiger partial charge is 0.378 e. The lowest BCUT2D eigenvalue weighted by atomic mass is 9.90. The van der Waals surface area contributed by atoms with Gasteiger partial charge >= 0.3 is 0 Å². The molecule has 0 bridgehead atoms. The van der Waals surface area contributed by atoms with Crippen LogP contribution in [0.25, 0.3) is 22.4 Å². The molecule has 3 atom stereocenters. The standard InChI is InChI=1S/C38H48N10O4.C37H42N8O4/c1-25-17-45(31-21-51-22-31)9-11-47(25)29-5-7-35(39-15-29)41-33-13-27(19-43(3)37(33)49)28-14-34(38(50)44(4)20-28)42-36-8-6-30(16-40-36)48-12-10-46(18-26(48)2)32-23-52-24-32;1-23-18-42(27-21-49-22-27)9-10-43(23)26-5-6-33(39-17-26)40-29-13-25(19-41(4)35(29)47)34-28(20-46)30(7-8-38-34)45-12-11-44-31(36(45)48)14-24-15-37(2,3)16-32(24)44/h5-8,13-16,19-20,25-26,31-32H,9-12,17-18,21-24H2,1-4H3,(H,39,41)(H,40,42);5-8,13-14,17,19-20,23,27H,9-12,15-16,18,21-22H2,1-4H3,(H,39,40)/t25-,26-;23-/m00/s1. The zero-order chi connectivity index (χ0) is 70.0. The minimum absolute atomic E-state index is 0.125. The summed E-state index contributed by atoms with van der Waals surface area (Å²) in [6.45, 7) is 26.0. The smallest absolute Gasteiger partial charge is 0.274 e. The molecule has 8 aromatic rings. The predicted molar refractivity (Wildman–Crippen MR) is 391 cm³/mol. The maximum Gasteiger partial charge on any atom is 0.274 e. The molecule has 528 valence electrons. The Morgan fingerprint density at radius 1 is 0.495 bits per heavy atom. The predicted octanol–water partition coefficient (Wildman–Crippen LogP) is 6.74. The van der Waals surface area contributed by atoms with E-state index in [4.69, 9.17) is 14.2 Å². The minimum atomic E-state index is -0.244. The second-order valence-corrected chi connectivity index (χ2v) is 29.3. The lowest BCUT2D eigenvalue weighted by Crippen LogP contribution is -2.59. The zero-order valence-corrected chi connectivity index (χ0v) is 58.8. The van der Waals surface area contributed by atoms with Crippen molar-refractivity contribution in [2.75, 3.05) is 141 Å². The number of nitrogens with zero attached hydrogens (tertiary/aromatic N) is 15. The number of nitrogens with one attached hydrogen (secondary N) is 3. The Morgan fingerprint density at radius 2 is 0.911 bits per heavy atom. The van der Waals surface area contributed by atoms with Crippen molar-refractivity contribution in [2.24, 2.45) is 26.6 Å². The molecular weight excluding hydrogens is 1280 g/mol. The first-order valence-corrected chi connectivity index (χ1v) is 35.3. The van der Waals surface area contributed by atoms with Crippen molar-refractivity contribution in [3.63, 3.8) is 0 Å². The minimum Gasteiger partial charge on any atom is -0.378 e. The van der Waals surface area contributed by atoms with E-state index in [1.165, 1.54) is 15.8 Å².